The molecule has 2 aromatic heterocycles. The van der Waals surface area contributed by atoms with E-state index in [-0.39, 0.29) is 19.1 Å². The van der Waals surface area contributed by atoms with Gasteiger partial charge in [0.15, 0.2) is 5.65 Å². The molecule has 2 heterocycles. The number of aliphatic hydroxyl groups is 2. The van der Waals surface area contributed by atoms with Crippen molar-refractivity contribution in [1.29, 1.82) is 0 Å². The Bertz CT molecular complexity index is 544. The second kappa shape index (κ2) is 5.07. The molecule has 0 saturated carbocycles. The number of hydrogen-bond acceptors (Lipinski definition) is 5. The number of H-pyrrole nitrogens is 1. The summed E-state index contributed by atoms with van der Waals surface area (Å²) in [5.74, 6) is -0.140. The number of fused-ring (bicyclic) bond motifs is 1. The van der Waals surface area contributed by atoms with E-state index in [2.05, 4.69) is 15.1 Å². The summed E-state index contributed by atoms with van der Waals surface area (Å²) in [6.45, 7) is -0.0957. The topological polar surface area (TPSA) is 104 Å². The smallest absolute Gasteiger partial charge is 0.369 e. The number of aliphatic hydroxyl groups excluding tert-OH is 2. The van der Waals surface area contributed by atoms with Crippen molar-refractivity contribution in [1.82, 2.24) is 19.6 Å². The maximum Gasteiger partial charge on any atom is 0.369 e. The van der Waals surface area contributed by atoms with Crippen LogP contribution in [-0.4, -0.2) is 43.0 Å². The van der Waals surface area contributed by atoms with Crippen molar-refractivity contribution in [2.45, 2.75) is 12.8 Å². The molecule has 0 unspecified atom stereocenters. The number of hydrogen-bond donors (Lipinski definition) is 3. The molecule has 2 rings (SSSR count). The van der Waals surface area contributed by atoms with Crippen LogP contribution in [-0.2, 0) is 6.42 Å². The highest BCUT2D eigenvalue weighted by Crippen LogP contribution is 2.11. The van der Waals surface area contributed by atoms with Crippen LogP contribution in [0.2, 0.25) is 0 Å². The third-order valence-electron chi connectivity index (χ3n) is 2.74. The third kappa shape index (κ3) is 2.34. The zero-order valence-corrected chi connectivity index (χ0v) is 9.20. The Balaban J connectivity index is 2.20. The van der Waals surface area contributed by atoms with Gasteiger partial charge in [-0.15, -0.1) is 0 Å². The minimum Gasteiger partial charge on any atom is -0.396 e. The zero-order valence-electron chi connectivity index (χ0n) is 9.20. The summed E-state index contributed by atoms with van der Waals surface area (Å²) in [5.41, 5.74) is 1.01. The molecule has 0 fully saturated rings. The molecule has 7 nitrogen and oxygen atoms in total. The molecular formula is C10H14N4O3. The Hall–Kier alpha value is -1.73. The average Bonchev–Trinajstić information content (AvgIpc) is 2.75. The van der Waals surface area contributed by atoms with Crippen molar-refractivity contribution in [2.24, 2.45) is 5.92 Å². The summed E-state index contributed by atoms with van der Waals surface area (Å²) in [6.07, 6.45) is 4.19. The molecule has 0 aliphatic heterocycles. The van der Waals surface area contributed by atoms with E-state index in [9.17, 15) is 4.79 Å². The van der Waals surface area contributed by atoms with Crippen molar-refractivity contribution < 1.29 is 10.2 Å². The predicted molar refractivity (Wildman–Crippen MR) is 59.6 cm³/mol. The minimum absolute atomic E-state index is 0.0478. The SMILES string of the molecule is O=c1ncnc2c(CCC(CO)CO)c[nH]n12. The van der Waals surface area contributed by atoms with E-state index >= 15 is 0 Å². The molecular weight excluding hydrogens is 224 g/mol. The molecule has 3 N–H and O–H groups in total. The number of nitrogens with one attached hydrogen (secondary N) is 1. The fourth-order valence-electron chi connectivity index (χ4n) is 1.67. The lowest BCUT2D eigenvalue weighted by Gasteiger charge is -2.08. The number of aromatic nitrogens is 4. The fourth-order valence-corrected chi connectivity index (χ4v) is 1.67. The fraction of sp³-hybridized carbons (Fsp3) is 0.500. The lowest BCUT2D eigenvalue weighted by atomic mass is 10.0. The molecule has 0 bridgehead atoms. The molecule has 0 aliphatic carbocycles. The summed E-state index contributed by atoms with van der Waals surface area (Å²) >= 11 is 0. The molecule has 0 amide bonds. The van der Waals surface area contributed by atoms with E-state index in [1.165, 1.54) is 10.8 Å². The summed E-state index contributed by atoms with van der Waals surface area (Å²) in [4.78, 5) is 18.9. The van der Waals surface area contributed by atoms with E-state index in [1.54, 1.807) is 6.20 Å². The van der Waals surface area contributed by atoms with Crippen molar-refractivity contribution >= 4 is 5.65 Å². The van der Waals surface area contributed by atoms with Crippen LogP contribution in [0.3, 0.4) is 0 Å². The summed E-state index contributed by atoms with van der Waals surface area (Å²) in [7, 11) is 0. The van der Waals surface area contributed by atoms with E-state index in [4.69, 9.17) is 10.2 Å². The highest BCUT2D eigenvalue weighted by atomic mass is 16.3. The van der Waals surface area contributed by atoms with Crippen molar-refractivity contribution in [3.63, 3.8) is 0 Å². The number of aryl methyl sites for hydroxylation is 1. The van der Waals surface area contributed by atoms with Crippen molar-refractivity contribution in [3.8, 4) is 0 Å². The van der Waals surface area contributed by atoms with E-state index in [1.807, 2.05) is 0 Å². The van der Waals surface area contributed by atoms with Gasteiger partial charge in [0.25, 0.3) is 0 Å². The Kier molecular flexibility index (Phi) is 3.50. The Labute approximate surface area is 96.8 Å². The minimum atomic E-state index is -0.401. The highest BCUT2D eigenvalue weighted by molar-refractivity contribution is 5.44. The second-order valence-electron chi connectivity index (χ2n) is 3.88. The van der Waals surface area contributed by atoms with Crippen LogP contribution in [0.4, 0.5) is 0 Å². The number of rotatable bonds is 5. The molecule has 0 radical (unpaired) electrons. The largest absolute Gasteiger partial charge is 0.396 e. The van der Waals surface area contributed by atoms with Crippen LogP contribution in [0, 0.1) is 5.92 Å². The van der Waals surface area contributed by atoms with Gasteiger partial charge in [-0.05, 0) is 12.8 Å². The number of nitrogens with zero attached hydrogens (tertiary/aromatic N) is 3. The maximum absolute atomic E-state index is 11.3. The third-order valence-corrected chi connectivity index (χ3v) is 2.74. The van der Waals surface area contributed by atoms with Gasteiger partial charge in [-0.1, -0.05) is 0 Å². The van der Waals surface area contributed by atoms with Gasteiger partial charge < -0.3 is 10.2 Å². The van der Waals surface area contributed by atoms with E-state index in [0.717, 1.165) is 5.56 Å². The van der Waals surface area contributed by atoms with Crippen molar-refractivity contribution in [2.75, 3.05) is 13.2 Å². The lowest BCUT2D eigenvalue weighted by Crippen LogP contribution is -2.17. The quantitative estimate of drug-likeness (QED) is 0.616. The van der Waals surface area contributed by atoms with Crippen LogP contribution in [0.15, 0.2) is 17.3 Å². The first kappa shape index (κ1) is 11.7. The summed E-state index contributed by atoms with van der Waals surface area (Å²) < 4.78 is 1.27. The molecule has 17 heavy (non-hydrogen) atoms. The first-order valence-corrected chi connectivity index (χ1v) is 5.38. The molecule has 0 atom stereocenters. The van der Waals surface area contributed by atoms with Gasteiger partial charge in [0.1, 0.15) is 6.33 Å². The average molecular weight is 238 g/mol. The van der Waals surface area contributed by atoms with Crippen LogP contribution in [0.5, 0.6) is 0 Å². The zero-order chi connectivity index (χ0) is 12.3. The molecule has 2 aromatic rings. The maximum atomic E-state index is 11.3. The molecule has 0 aliphatic rings. The summed E-state index contributed by atoms with van der Waals surface area (Å²) in [6, 6.07) is 0. The van der Waals surface area contributed by atoms with Gasteiger partial charge in [-0.25, -0.2) is 9.78 Å². The van der Waals surface area contributed by atoms with Gasteiger partial charge in [0.05, 0.1) is 0 Å². The van der Waals surface area contributed by atoms with E-state index < -0.39 is 5.69 Å². The van der Waals surface area contributed by atoms with Gasteiger partial charge in [-0.3, -0.25) is 5.10 Å². The molecule has 7 heteroatoms. The molecule has 0 saturated heterocycles. The van der Waals surface area contributed by atoms with Crippen LogP contribution >= 0.6 is 0 Å². The van der Waals surface area contributed by atoms with Crippen molar-refractivity contribution in [3.05, 3.63) is 28.6 Å². The standard InChI is InChI=1S/C10H14N4O3/c15-4-7(5-16)1-2-8-3-13-14-9(8)11-6-12-10(14)17/h3,6-7,13,15-16H,1-2,4-5H2. The first-order chi connectivity index (χ1) is 8.26. The summed E-state index contributed by atoms with van der Waals surface area (Å²) in [5, 5.41) is 20.7. The Morgan fingerprint density at radius 1 is 1.35 bits per heavy atom. The second-order valence-corrected chi connectivity index (χ2v) is 3.88. The normalized spacial score (nSPS) is 11.5. The van der Waals surface area contributed by atoms with Gasteiger partial charge in [-0.2, -0.15) is 9.50 Å². The molecule has 92 valence electrons. The number of aromatic amines is 1. The molecule has 0 aromatic carbocycles. The molecule has 0 spiro atoms. The van der Waals surface area contributed by atoms with Crippen LogP contribution in [0.1, 0.15) is 12.0 Å². The lowest BCUT2D eigenvalue weighted by molar-refractivity contribution is 0.144. The highest BCUT2D eigenvalue weighted by Gasteiger charge is 2.10. The van der Waals surface area contributed by atoms with Gasteiger partial charge in [0, 0.05) is 30.9 Å². The van der Waals surface area contributed by atoms with Gasteiger partial charge in [0.2, 0.25) is 0 Å². The van der Waals surface area contributed by atoms with Gasteiger partial charge >= 0.3 is 5.69 Å². The monoisotopic (exact) mass is 238 g/mol. The van der Waals surface area contributed by atoms with E-state index in [0.29, 0.717) is 18.5 Å². The predicted octanol–water partition coefficient (Wildman–Crippen LogP) is -1.05. The first-order valence-electron chi connectivity index (χ1n) is 5.38. The van der Waals surface area contributed by atoms with Crippen LogP contribution in [0.25, 0.3) is 5.65 Å². The van der Waals surface area contributed by atoms with Crippen LogP contribution < -0.4 is 5.69 Å². The Morgan fingerprint density at radius 2 is 2.12 bits per heavy atom. The Morgan fingerprint density at radius 3 is 2.82 bits per heavy atom.